The number of rotatable bonds is 13. The van der Waals surface area contributed by atoms with Gasteiger partial charge in [-0.25, -0.2) is 4.39 Å². The van der Waals surface area contributed by atoms with Crippen molar-refractivity contribution in [3.8, 4) is 5.75 Å². The smallest absolute Gasteiger partial charge is 0.197 e. The van der Waals surface area contributed by atoms with Crippen LogP contribution in [-0.2, 0) is 9.36 Å². The second kappa shape index (κ2) is 11.9. The normalized spacial score (nSPS) is 24.6. The predicted molar refractivity (Wildman–Crippen MR) is 113 cm³/mol. The lowest BCUT2D eigenvalue weighted by Crippen LogP contribution is -2.24. The van der Waals surface area contributed by atoms with E-state index in [0.29, 0.717) is 25.4 Å². The first kappa shape index (κ1) is 25.0. The van der Waals surface area contributed by atoms with Crippen molar-refractivity contribution < 1.29 is 33.6 Å². The number of aliphatic hydroxyl groups is 2. The summed E-state index contributed by atoms with van der Waals surface area (Å²) in [5.74, 6) is -0.771. The zero-order valence-corrected chi connectivity index (χ0v) is 18.5. The van der Waals surface area contributed by atoms with E-state index < -0.39 is 25.4 Å². The lowest BCUT2D eigenvalue weighted by Gasteiger charge is -2.22. The van der Waals surface area contributed by atoms with E-state index in [4.69, 9.17) is 4.74 Å². The molecule has 1 saturated carbocycles. The third kappa shape index (κ3) is 8.46. The molecule has 0 radical (unpaired) electrons. The molecule has 2 unspecified atom stereocenters. The summed E-state index contributed by atoms with van der Waals surface area (Å²) in [4.78, 5) is 21.6. The number of carbonyl (C=O) groups is 1. The Balaban J connectivity index is 1.72. The van der Waals surface area contributed by atoms with Crippen LogP contribution in [0, 0.1) is 17.7 Å². The van der Waals surface area contributed by atoms with E-state index in [1.807, 2.05) is 0 Å². The van der Waals surface area contributed by atoms with Gasteiger partial charge >= 0.3 is 0 Å². The molecular formula is C22H34FO6P. The van der Waals surface area contributed by atoms with Crippen LogP contribution < -0.4 is 4.74 Å². The van der Waals surface area contributed by atoms with Gasteiger partial charge in [-0.05, 0) is 43.7 Å². The Morgan fingerprint density at radius 2 is 1.90 bits per heavy atom. The Labute approximate surface area is 177 Å². The van der Waals surface area contributed by atoms with E-state index in [1.54, 1.807) is 12.1 Å². The maximum Gasteiger partial charge on any atom is 0.197 e. The van der Waals surface area contributed by atoms with Crippen LogP contribution >= 0.6 is 7.37 Å². The SMILES string of the molecule is CP(=O)(O)CCCCCC[C@H]1C(O)CC(=O)[C@@H]1CC[C@@H](O)COc1ccccc1F. The minimum absolute atomic E-state index is 0.0296. The number of unbranched alkanes of at least 4 members (excludes halogenated alkanes) is 3. The molecule has 30 heavy (non-hydrogen) atoms. The predicted octanol–water partition coefficient (Wildman–Crippen LogP) is 3.76. The molecule has 0 heterocycles. The van der Waals surface area contributed by atoms with Crippen LogP contribution in [0.15, 0.2) is 24.3 Å². The molecular weight excluding hydrogens is 410 g/mol. The number of aliphatic hydroxyl groups excluding tert-OH is 2. The maximum atomic E-state index is 13.6. The van der Waals surface area contributed by atoms with Gasteiger partial charge in [0.1, 0.15) is 12.4 Å². The van der Waals surface area contributed by atoms with Crippen LogP contribution in [0.3, 0.4) is 0 Å². The van der Waals surface area contributed by atoms with Crippen molar-refractivity contribution in [3.63, 3.8) is 0 Å². The molecule has 0 spiro atoms. The van der Waals surface area contributed by atoms with Crippen molar-refractivity contribution in [2.75, 3.05) is 19.4 Å². The van der Waals surface area contributed by atoms with Gasteiger partial charge in [0.15, 0.2) is 18.9 Å². The molecule has 0 aromatic heterocycles. The Hall–Kier alpha value is -1.27. The summed E-state index contributed by atoms with van der Waals surface area (Å²) in [6.45, 7) is 1.31. The Bertz CT molecular complexity index is 721. The standard InChI is InChI=1S/C22H34FO6P/c1-30(27,28)13-7-3-2-4-8-17-18(21(26)14-20(17)25)12-11-16(24)15-29-22-10-6-5-9-19(22)23/h5-6,9-10,16-18,20,24-25H,2-4,7-8,11-15H2,1H3,(H,27,28)/t16-,17-,18-,20?/m1/s1. The molecule has 1 fully saturated rings. The Morgan fingerprint density at radius 3 is 2.60 bits per heavy atom. The van der Waals surface area contributed by atoms with Crippen LogP contribution in [0.25, 0.3) is 0 Å². The number of benzene rings is 1. The number of ketones is 1. The Morgan fingerprint density at radius 1 is 1.20 bits per heavy atom. The molecule has 6 nitrogen and oxygen atoms in total. The number of para-hydroxylation sites is 1. The van der Waals surface area contributed by atoms with Crippen LogP contribution in [0.2, 0.25) is 0 Å². The molecule has 0 aliphatic heterocycles. The average molecular weight is 444 g/mol. The van der Waals surface area contributed by atoms with Gasteiger partial charge in [0.2, 0.25) is 0 Å². The molecule has 1 aliphatic rings. The number of ether oxygens (including phenoxy) is 1. The monoisotopic (exact) mass is 444 g/mol. The second-order valence-corrected chi connectivity index (χ2v) is 11.0. The van der Waals surface area contributed by atoms with E-state index in [2.05, 4.69) is 0 Å². The van der Waals surface area contributed by atoms with Gasteiger partial charge in [-0.15, -0.1) is 0 Å². The van der Waals surface area contributed by atoms with Gasteiger partial charge in [-0.2, -0.15) is 0 Å². The van der Waals surface area contributed by atoms with Crippen molar-refractivity contribution >= 4 is 13.2 Å². The molecule has 1 aromatic carbocycles. The highest BCUT2D eigenvalue weighted by Crippen LogP contribution is 2.38. The summed E-state index contributed by atoms with van der Waals surface area (Å²) >= 11 is 0. The molecule has 0 amide bonds. The summed E-state index contributed by atoms with van der Waals surface area (Å²) in [6.07, 6.45) is 3.84. The quantitative estimate of drug-likeness (QED) is 0.316. The third-order valence-corrected chi connectivity index (χ3v) is 6.92. The van der Waals surface area contributed by atoms with E-state index in [-0.39, 0.29) is 36.4 Å². The van der Waals surface area contributed by atoms with Gasteiger partial charge in [-0.1, -0.05) is 31.4 Å². The maximum absolute atomic E-state index is 13.6. The van der Waals surface area contributed by atoms with Gasteiger partial charge in [0, 0.05) is 25.2 Å². The molecule has 1 aliphatic carbocycles. The van der Waals surface area contributed by atoms with E-state index in [0.717, 1.165) is 25.7 Å². The lowest BCUT2D eigenvalue weighted by atomic mass is 9.85. The van der Waals surface area contributed by atoms with Crippen molar-refractivity contribution in [2.24, 2.45) is 11.8 Å². The number of hydrogen-bond acceptors (Lipinski definition) is 5. The molecule has 5 atom stereocenters. The fourth-order valence-electron chi connectivity index (χ4n) is 4.13. The average Bonchev–Trinajstić information content (AvgIpc) is 2.94. The number of halogens is 1. The first-order valence-electron chi connectivity index (χ1n) is 10.7. The summed E-state index contributed by atoms with van der Waals surface area (Å²) in [7, 11) is -2.95. The highest BCUT2D eigenvalue weighted by atomic mass is 31.2. The number of Topliss-reactive ketones (excluding diaryl/α,β-unsaturated/α-hetero) is 1. The van der Waals surface area contributed by atoms with Crippen molar-refractivity contribution in [3.05, 3.63) is 30.1 Å². The van der Waals surface area contributed by atoms with E-state index in [9.17, 15) is 28.9 Å². The van der Waals surface area contributed by atoms with Crippen molar-refractivity contribution in [1.29, 1.82) is 0 Å². The minimum Gasteiger partial charge on any atom is -0.488 e. The fraction of sp³-hybridized carbons (Fsp3) is 0.682. The summed E-state index contributed by atoms with van der Waals surface area (Å²) in [5, 5.41) is 20.4. The van der Waals surface area contributed by atoms with Gasteiger partial charge in [0.25, 0.3) is 0 Å². The minimum atomic E-state index is -2.95. The van der Waals surface area contributed by atoms with Crippen LogP contribution in [-0.4, -0.2) is 52.5 Å². The molecule has 8 heteroatoms. The molecule has 170 valence electrons. The van der Waals surface area contributed by atoms with Gasteiger partial charge in [-0.3, -0.25) is 9.36 Å². The molecule has 3 N–H and O–H groups in total. The highest BCUT2D eigenvalue weighted by Gasteiger charge is 2.40. The zero-order valence-electron chi connectivity index (χ0n) is 17.6. The van der Waals surface area contributed by atoms with Gasteiger partial charge in [0.05, 0.1) is 12.2 Å². The molecule has 2 rings (SSSR count). The lowest BCUT2D eigenvalue weighted by molar-refractivity contribution is -0.121. The van der Waals surface area contributed by atoms with Crippen LogP contribution in [0.5, 0.6) is 5.75 Å². The summed E-state index contributed by atoms with van der Waals surface area (Å²) < 4.78 is 30.2. The largest absolute Gasteiger partial charge is 0.488 e. The summed E-state index contributed by atoms with van der Waals surface area (Å²) in [6, 6.07) is 5.99. The van der Waals surface area contributed by atoms with Gasteiger partial charge < -0.3 is 19.8 Å². The van der Waals surface area contributed by atoms with Crippen LogP contribution in [0.1, 0.15) is 51.4 Å². The van der Waals surface area contributed by atoms with Crippen molar-refractivity contribution in [2.45, 2.75) is 63.6 Å². The molecule has 0 bridgehead atoms. The highest BCUT2D eigenvalue weighted by molar-refractivity contribution is 7.57. The van der Waals surface area contributed by atoms with Crippen molar-refractivity contribution in [1.82, 2.24) is 0 Å². The molecule has 0 saturated heterocycles. The topological polar surface area (TPSA) is 104 Å². The number of carbonyl (C=O) groups excluding carboxylic acids is 1. The molecule has 1 aromatic rings. The van der Waals surface area contributed by atoms with E-state index in [1.165, 1.54) is 18.8 Å². The number of hydrogen-bond donors (Lipinski definition) is 3. The first-order chi connectivity index (χ1) is 14.2. The first-order valence-corrected chi connectivity index (χ1v) is 13.0. The zero-order chi connectivity index (χ0) is 22.1. The summed E-state index contributed by atoms with van der Waals surface area (Å²) in [5.41, 5.74) is 0. The fourth-order valence-corrected chi connectivity index (χ4v) is 4.94. The third-order valence-electron chi connectivity index (χ3n) is 5.77. The second-order valence-electron chi connectivity index (χ2n) is 8.46. The van der Waals surface area contributed by atoms with E-state index >= 15 is 0 Å². The van der Waals surface area contributed by atoms with Crippen LogP contribution in [0.4, 0.5) is 4.39 Å². The Kier molecular flexibility index (Phi) is 9.95.